The van der Waals surface area contributed by atoms with Crippen LogP contribution in [0, 0.1) is 12.8 Å². The Morgan fingerprint density at radius 2 is 2.04 bits per heavy atom. The maximum atomic E-state index is 12.8. The Morgan fingerprint density at radius 1 is 1.26 bits per heavy atom. The molecular formula is C21H25N3O3. The van der Waals surface area contributed by atoms with Crippen molar-refractivity contribution in [2.45, 2.75) is 40.2 Å². The highest BCUT2D eigenvalue weighted by molar-refractivity contribution is 6.06. The zero-order valence-electron chi connectivity index (χ0n) is 16.0. The van der Waals surface area contributed by atoms with Crippen LogP contribution in [0.15, 0.2) is 35.3 Å². The minimum absolute atomic E-state index is 0.140. The third-order valence-corrected chi connectivity index (χ3v) is 4.84. The Kier molecular flexibility index (Phi) is 5.44. The number of benzene rings is 1. The molecule has 0 radical (unpaired) electrons. The Bertz CT molecular complexity index is 944. The predicted octanol–water partition coefficient (Wildman–Crippen LogP) is 2.74. The van der Waals surface area contributed by atoms with Gasteiger partial charge in [-0.3, -0.25) is 14.4 Å². The molecule has 0 saturated heterocycles. The summed E-state index contributed by atoms with van der Waals surface area (Å²) in [7, 11) is 0. The monoisotopic (exact) mass is 367 g/mol. The van der Waals surface area contributed by atoms with Gasteiger partial charge in [0.2, 0.25) is 0 Å². The molecule has 142 valence electrons. The van der Waals surface area contributed by atoms with Crippen molar-refractivity contribution in [3.05, 3.63) is 63.1 Å². The Labute approximate surface area is 158 Å². The summed E-state index contributed by atoms with van der Waals surface area (Å²) < 4.78 is 1.59. The molecule has 0 fully saturated rings. The molecule has 2 heterocycles. The number of aromatic nitrogens is 1. The van der Waals surface area contributed by atoms with Crippen molar-refractivity contribution in [2.24, 2.45) is 5.92 Å². The van der Waals surface area contributed by atoms with Crippen LogP contribution in [0.3, 0.4) is 0 Å². The molecule has 3 rings (SSSR count). The Hall–Kier alpha value is -2.89. The molecule has 2 amide bonds. The van der Waals surface area contributed by atoms with E-state index in [0.717, 1.165) is 18.4 Å². The summed E-state index contributed by atoms with van der Waals surface area (Å²) in [6, 6.07) is 7.07. The molecule has 0 aliphatic carbocycles. The van der Waals surface area contributed by atoms with Gasteiger partial charge in [0.1, 0.15) is 5.56 Å². The first-order valence-electron chi connectivity index (χ1n) is 9.29. The number of carbonyl (C=O) groups is 2. The summed E-state index contributed by atoms with van der Waals surface area (Å²) >= 11 is 0. The van der Waals surface area contributed by atoms with Crippen LogP contribution in [0.4, 0.5) is 5.69 Å². The maximum absolute atomic E-state index is 12.8. The highest BCUT2D eigenvalue weighted by Gasteiger charge is 2.19. The van der Waals surface area contributed by atoms with Gasteiger partial charge < -0.3 is 15.2 Å². The fourth-order valence-corrected chi connectivity index (χ4v) is 3.20. The zero-order valence-corrected chi connectivity index (χ0v) is 16.0. The molecule has 0 saturated carbocycles. The smallest absolute Gasteiger partial charge is 0.263 e. The van der Waals surface area contributed by atoms with E-state index >= 15 is 0 Å². The van der Waals surface area contributed by atoms with E-state index in [1.807, 2.05) is 6.07 Å². The van der Waals surface area contributed by atoms with Gasteiger partial charge in [-0.05, 0) is 55.0 Å². The van der Waals surface area contributed by atoms with Crippen molar-refractivity contribution in [3.63, 3.8) is 0 Å². The minimum Gasteiger partial charge on any atom is -0.352 e. The summed E-state index contributed by atoms with van der Waals surface area (Å²) in [6.45, 7) is 7.15. The number of rotatable bonds is 5. The molecule has 0 unspecified atom stereocenters. The van der Waals surface area contributed by atoms with Crippen LogP contribution in [0.25, 0.3) is 0 Å². The van der Waals surface area contributed by atoms with Crippen molar-refractivity contribution >= 4 is 17.5 Å². The first-order chi connectivity index (χ1) is 12.9. The van der Waals surface area contributed by atoms with Crippen molar-refractivity contribution < 1.29 is 9.59 Å². The van der Waals surface area contributed by atoms with E-state index in [1.54, 1.807) is 35.9 Å². The molecule has 1 aromatic carbocycles. The number of nitrogens with zero attached hydrogens (tertiary/aromatic N) is 1. The molecule has 1 aromatic heterocycles. The summed E-state index contributed by atoms with van der Waals surface area (Å²) in [5.41, 5.74) is 2.52. The molecule has 2 N–H and O–H groups in total. The number of hydrogen-bond acceptors (Lipinski definition) is 3. The highest BCUT2D eigenvalue weighted by Crippen LogP contribution is 2.19. The first kappa shape index (κ1) is 18.9. The quantitative estimate of drug-likeness (QED) is 0.853. The normalized spacial score (nSPS) is 13.3. The van der Waals surface area contributed by atoms with E-state index in [1.165, 1.54) is 0 Å². The maximum Gasteiger partial charge on any atom is 0.263 e. The average Bonchev–Trinajstić information content (AvgIpc) is 2.61. The Balaban J connectivity index is 1.86. The fraction of sp³-hybridized carbons (Fsp3) is 0.381. The molecule has 0 spiro atoms. The van der Waals surface area contributed by atoms with Gasteiger partial charge in [-0.1, -0.05) is 19.9 Å². The lowest BCUT2D eigenvalue weighted by Crippen LogP contribution is -2.32. The van der Waals surface area contributed by atoms with Gasteiger partial charge in [0.25, 0.3) is 17.4 Å². The third-order valence-electron chi connectivity index (χ3n) is 4.84. The van der Waals surface area contributed by atoms with Crippen LogP contribution in [-0.4, -0.2) is 22.9 Å². The van der Waals surface area contributed by atoms with Gasteiger partial charge in [0.15, 0.2) is 0 Å². The second kappa shape index (κ2) is 7.78. The Morgan fingerprint density at radius 3 is 2.78 bits per heavy atom. The van der Waals surface area contributed by atoms with Crippen molar-refractivity contribution in [1.82, 2.24) is 9.88 Å². The predicted molar refractivity (Wildman–Crippen MR) is 105 cm³/mol. The van der Waals surface area contributed by atoms with E-state index < -0.39 is 5.91 Å². The van der Waals surface area contributed by atoms with E-state index in [-0.39, 0.29) is 17.0 Å². The van der Waals surface area contributed by atoms with Crippen LogP contribution in [0.1, 0.15) is 52.1 Å². The topological polar surface area (TPSA) is 80.2 Å². The van der Waals surface area contributed by atoms with Gasteiger partial charge in [-0.25, -0.2) is 0 Å². The van der Waals surface area contributed by atoms with Crippen LogP contribution < -0.4 is 16.2 Å². The second-order valence-electron chi connectivity index (χ2n) is 7.39. The molecule has 27 heavy (non-hydrogen) atoms. The number of anilines is 1. The van der Waals surface area contributed by atoms with Gasteiger partial charge >= 0.3 is 0 Å². The number of hydrogen-bond donors (Lipinski definition) is 2. The number of pyridine rings is 1. The lowest BCUT2D eigenvalue weighted by atomic mass is 9.99. The first-order valence-corrected chi connectivity index (χ1v) is 9.29. The minimum atomic E-state index is -0.451. The molecule has 2 aromatic rings. The van der Waals surface area contributed by atoms with E-state index in [0.29, 0.717) is 35.8 Å². The standard InChI is InChI=1S/C21H25N3O3/c1-13(2)7-10-24-11-8-14(3)18(21(24)27)20(26)23-16-5-4-15-6-9-22-19(25)17(15)12-16/h4-5,8,11-13H,6-7,9-10H2,1-3H3,(H,22,25)(H,23,26). The van der Waals surface area contributed by atoms with Gasteiger partial charge in [0, 0.05) is 30.5 Å². The summed E-state index contributed by atoms with van der Waals surface area (Å²) in [4.78, 5) is 37.5. The highest BCUT2D eigenvalue weighted by atomic mass is 16.2. The summed E-state index contributed by atoms with van der Waals surface area (Å²) in [6.07, 6.45) is 3.37. The number of aryl methyl sites for hydroxylation is 2. The van der Waals surface area contributed by atoms with Crippen LogP contribution in [0.5, 0.6) is 0 Å². The molecule has 1 aliphatic rings. The largest absolute Gasteiger partial charge is 0.352 e. The number of carbonyl (C=O) groups excluding carboxylic acids is 2. The van der Waals surface area contributed by atoms with Gasteiger partial charge in [-0.2, -0.15) is 0 Å². The average molecular weight is 367 g/mol. The third kappa shape index (κ3) is 4.10. The van der Waals surface area contributed by atoms with Crippen molar-refractivity contribution in [3.8, 4) is 0 Å². The molecule has 0 atom stereocenters. The number of fused-ring (bicyclic) bond motifs is 1. The van der Waals surface area contributed by atoms with Crippen molar-refractivity contribution in [1.29, 1.82) is 0 Å². The van der Waals surface area contributed by atoms with E-state index in [2.05, 4.69) is 24.5 Å². The molecular weight excluding hydrogens is 342 g/mol. The van der Waals surface area contributed by atoms with Crippen LogP contribution in [0.2, 0.25) is 0 Å². The molecule has 6 heteroatoms. The van der Waals surface area contributed by atoms with Crippen LogP contribution in [-0.2, 0) is 13.0 Å². The van der Waals surface area contributed by atoms with E-state index in [4.69, 9.17) is 0 Å². The summed E-state index contributed by atoms with van der Waals surface area (Å²) in [5, 5.41) is 5.56. The molecule has 6 nitrogen and oxygen atoms in total. The number of amides is 2. The summed E-state index contributed by atoms with van der Waals surface area (Å²) in [5.74, 6) is -0.121. The second-order valence-corrected chi connectivity index (χ2v) is 7.39. The molecule has 0 bridgehead atoms. The SMILES string of the molecule is Cc1ccn(CCC(C)C)c(=O)c1C(=O)Nc1ccc2c(c1)C(=O)NCC2. The zero-order chi connectivity index (χ0) is 19.6. The van der Waals surface area contributed by atoms with Gasteiger partial charge in [0.05, 0.1) is 0 Å². The lowest BCUT2D eigenvalue weighted by molar-refractivity contribution is 0.0944. The van der Waals surface area contributed by atoms with Crippen molar-refractivity contribution in [2.75, 3.05) is 11.9 Å². The number of nitrogens with one attached hydrogen (secondary N) is 2. The van der Waals surface area contributed by atoms with E-state index in [9.17, 15) is 14.4 Å². The lowest BCUT2D eigenvalue weighted by Gasteiger charge is -2.17. The fourth-order valence-electron chi connectivity index (χ4n) is 3.20. The molecule has 1 aliphatic heterocycles. The van der Waals surface area contributed by atoms with Gasteiger partial charge in [-0.15, -0.1) is 0 Å². The van der Waals surface area contributed by atoms with Crippen LogP contribution >= 0.6 is 0 Å².